The lowest BCUT2D eigenvalue weighted by atomic mass is 10.0. The molecule has 0 N–H and O–H groups in total. The van der Waals surface area contributed by atoms with Gasteiger partial charge in [0.25, 0.3) is 5.91 Å². The number of carbonyl (C=O) groups is 2. The van der Waals surface area contributed by atoms with Gasteiger partial charge in [0.1, 0.15) is 0 Å². The number of ketones is 1. The van der Waals surface area contributed by atoms with Crippen molar-refractivity contribution in [1.29, 1.82) is 0 Å². The van der Waals surface area contributed by atoms with Crippen molar-refractivity contribution in [3.8, 4) is 23.0 Å². The number of benzene rings is 2. The zero-order chi connectivity index (χ0) is 32.5. The van der Waals surface area contributed by atoms with Crippen LogP contribution in [0.5, 0.6) is 23.0 Å². The number of hydrogen-bond donors (Lipinski definition) is 0. The van der Waals surface area contributed by atoms with Crippen molar-refractivity contribution in [3.63, 3.8) is 0 Å². The van der Waals surface area contributed by atoms with Crippen molar-refractivity contribution in [2.24, 2.45) is 15.9 Å². The highest BCUT2D eigenvalue weighted by molar-refractivity contribution is 6.04. The number of hydrogen-bond acceptors (Lipinski definition) is 8. The van der Waals surface area contributed by atoms with Crippen molar-refractivity contribution < 1.29 is 28.5 Å². The smallest absolute Gasteiger partial charge is 0.260 e. The molecule has 9 nitrogen and oxygen atoms in total. The van der Waals surface area contributed by atoms with Crippen LogP contribution in [0.4, 0.5) is 11.4 Å². The van der Waals surface area contributed by atoms with Gasteiger partial charge in [-0.05, 0) is 77.8 Å². The normalized spacial score (nSPS) is 16.6. The zero-order valence-corrected chi connectivity index (χ0v) is 27.5. The maximum absolute atomic E-state index is 13.2. The molecule has 9 heteroatoms. The maximum Gasteiger partial charge on any atom is 0.260 e. The van der Waals surface area contributed by atoms with E-state index < -0.39 is 0 Å². The molecule has 2 atom stereocenters. The second-order valence-corrected chi connectivity index (χ2v) is 11.7. The first-order valence-corrected chi connectivity index (χ1v) is 15.6. The quantitative estimate of drug-likeness (QED) is 0.0870. The molecule has 2 aliphatic rings. The number of Topliss-reactive ketones (excluding diaryl/α,β-unsaturated/α-hetero) is 1. The standard InChI is InChI=1S/C36H45N3O6/c1-8-23(2)14-24(3)20-37-30-18-34(32(42-6)16-28(30)26(5)40)44-12-10-9-11-13-45-35-19-31-29(17-33(35)43-7)36(41)39-22-25(4)15-27(39)21-38-31/h8,16-22,24,27H,9-15H2,1-7H3/b23-8-,37-20-. The summed E-state index contributed by atoms with van der Waals surface area (Å²) >= 11 is 0. The van der Waals surface area contributed by atoms with Gasteiger partial charge in [0, 0.05) is 36.3 Å². The Morgan fingerprint density at radius 2 is 1.69 bits per heavy atom. The summed E-state index contributed by atoms with van der Waals surface area (Å²) in [6, 6.07) is 6.92. The molecule has 0 saturated carbocycles. The van der Waals surface area contributed by atoms with Crippen LogP contribution in [-0.2, 0) is 0 Å². The first-order valence-electron chi connectivity index (χ1n) is 15.6. The van der Waals surface area contributed by atoms with Gasteiger partial charge in [0.05, 0.1) is 50.4 Å². The van der Waals surface area contributed by atoms with Gasteiger partial charge in [-0.2, -0.15) is 0 Å². The average molecular weight is 616 g/mol. The predicted octanol–water partition coefficient (Wildman–Crippen LogP) is 8.06. The molecule has 2 aromatic carbocycles. The topological polar surface area (TPSA) is 99.0 Å². The summed E-state index contributed by atoms with van der Waals surface area (Å²) in [5, 5.41) is 0. The van der Waals surface area contributed by atoms with Gasteiger partial charge in [-0.3, -0.25) is 19.6 Å². The second kappa shape index (κ2) is 15.5. The first kappa shape index (κ1) is 33.5. The number of aliphatic imine (C=N–C) groups is 2. The molecule has 45 heavy (non-hydrogen) atoms. The van der Waals surface area contributed by atoms with Crippen molar-refractivity contribution >= 4 is 35.5 Å². The van der Waals surface area contributed by atoms with Gasteiger partial charge >= 0.3 is 0 Å². The number of amides is 1. The van der Waals surface area contributed by atoms with Crippen LogP contribution < -0.4 is 18.9 Å². The minimum Gasteiger partial charge on any atom is -0.493 e. The molecule has 2 aromatic rings. The van der Waals surface area contributed by atoms with Crippen LogP contribution in [0.15, 0.2) is 57.7 Å². The van der Waals surface area contributed by atoms with Crippen molar-refractivity contribution in [2.45, 2.75) is 72.8 Å². The van der Waals surface area contributed by atoms with E-state index in [1.807, 2.05) is 32.5 Å². The summed E-state index contributed by atoms with van der Waals surface area (Å²) in [4.78, 5) is 36.5. The highest BCUT2D eigenvalue weighted by Crippen LogP contribution is 2.39. The Balaban J connectivity index is 1.32. The van der Waals surface area contributed by atoms with Crippen LogP contribution in [0.1, 0.15) is 87.4 Å². The molecule has 2 unspecified atom stereocenters. The molecule has 0 radical (unpaired) electrons. The molecular formula is C36H45N3O6. The van der Waals surface area contributed by atoms with E-state index in [0.29, 0.717) is 58.7 Å². The lowest BCUT2D eigenvalue weighted by Gasteiger charge is -2.19. The third-order valence-corrected chi connectivity index (χ3v) is 7.95. The lowest BCUT2D eigenvalue weighted by Crippen LogP contribution is -2.32. The fourth-order valence-electron chi connectivity index (χ4n) is 5.39. The number of ether oxygens (including phenoxy) is 4. The van der Waals surface area contributed by atoms with Gasteiger partial charge in [0.2, 0.25) is 0 Å². The number of carbonyl (C=O) groups excluding carboxylic acids is 2. The molecule has 0 spiro atoms. The van der Waals surface area contributed by atoms with Crippen molar-refractivity contribution in [1.82, 2.24) is 4.90 Å². The Labute approximate surface area is 266 Å². The molecule has 0 aliphatic carbocycles. The Morgan fingerprint density at radius 3 is 2.33 bits per heavy atom. The number of methoxy groups -OCH3 is 2. The fraction of sp³-hybridized carbons (Fsp3) is 0.444. The number of nitrogens with zero attached hydrogens (tertiary/aromatic N) is 3. The van der Waals surface area contributed by atoms with Crippen molar-refractivity contribution in [2.75, 3.05) is 27.4 Å². The lowest BCUT2D eigenvalue weighted by molar-refractivity contribution is 0.0817. The van der Waals surface area contributed by atoms with E-state index in [1.54, 1.807) is 43.4 Å². The zero-order valence-electron chi connectivity index (χ0n) is 27.5. The molecule has 0 fully saturated rings. The number of rotatable bonds is 15. The summed E-state index contributed by atoms with van der Waals surface area (Å²) in [5.74, 6) is 2.18. The number of allylic oxidation sites excluding steroid dienone is 2. The van der Waals surface area contributed by atoms with Gasteiger partial charge < -0.3 is 23.8 Å². The Morgan fingerprint density at radius 1 is 1.02 bits per heavy atom. The molecule has 1 amide bonds. The van der Waals surface area contributed by atoms with Crippen LogP contribution in [0, 0.1) is 5.92 Å². The molecule has 0 bridgehead atoms. The maximum atomic E-state index is 13.2. The van der Waals surface area contributed by atoms with E-state index in [-0.39, 0.29) is 23.7 Å². The van der Waals surface area contributed by atoms with Gasteiger partial charge in [0.15, 0.2) is 28.8 Å². The van der Waals surface area contributed by atoms with E-state index in [2.05, 4.69) is 29.9 Å². The summed E-state index contributed by atoms with van der Waals surface area (Å²) in [7, 11) is 3.13. The fourth-order valence-corrected chi connectivity index (χ4v) is 5.39. The largest absolute Gasteiger partial charge is 0.493 e. The Bertz CT molecular complexity index is 1520. The first-order chi connectivity index (χ1) is 21.6. The average Bonchev–Trinajstić information content (AvgIpc) is 3.36. The summed E-state index contributed by atoms with van der Waals surface area (Å²) in [6.07, 6.45) is 11.9. The van der Waals surface area contributed by atoms with Crippen LogP contribution in [0.25, 0.3) is 0 Å². The van der Waals surface area contributed by atoms with E-state index in [1.165, 1.54) is 12.5 Å². The van der Waals surface area contributed by atoms with Crippen LogP contribution >= 0.6 is 0 Å². The Kier molecular flexibility index (Phi) is 11.6. The molecule has 0 saturated heterocycles. The number of fused-ring (bicyclic) bond motifs is 2. The highest BCUT2D eigenvalue weighted by Gasteiger charge is 2.32. The molecule has 0 aromatic heterocycles. The van der Waals surface area contributed by atoms with Crippen LogP contribution in [-0.4, -0.2) is 62.5 Å². The van der Waals surface area contributed by atoms with Gasteiger partial charge in [-0.15, -0.1) is 0 Å². The van der Waals surface area contributed by atoms with E-state index in [4.69, 9.17) is 18.9 Å². The minimum absolute atomic E-state index is 0.0601. The predicted molar refractivity (Wildman–Crippen MR) is 179 cm³/mol. The summed E-state index contributed by atoms with van der Waals surface area (Å²) < 4.78 is 23.2. The SMILES string of the molecule is C/C=C(/C)CC(C)/C=N\c1cc(OCCCCCOc2cc3c(cc2OC)C(=O)N2C=C(C)CC2C=N3)c(OC)cc1C(C)=O. The molecule has 4 rings (SSSR count). The third-order valence-electron chi connectivity index (χ3n) is 7.95. The summed E-state index contributed by atoms with van der Waals surface area (Å²) in [6.45, 7) is 10.7. The summed E-state index contributed by atoms with van der Waals surface area (Å²) in [5.41, 5.74) is 4.60. The van der Waals surface area contributed by atoms with E-state index >= 15 is 0 Å². The van der Waals surface area contributed by atoms with Gasteiger partial charge in [-0.25, -0.2) is 0 Å². The van der Waals surface area contributed by atoms with Crippen LogP contribution in [0.3, 0.4) is 0 Å². The van der Waals surface area contributed by atoms with E-state index in [0.717, 1.165) is 37.7 Å². The van der Waals surface area contributed by atoms with Gasteiger partial charge in [-0.1, -0.05) is 24.1 Å². The number of unbranched alkanes of at least 4 members (excludes halogenated alkanes) is 2. The minimum atomic E-state index is -0.0882. The highest BCUT2D eigenvalue weighted by atomic mass is 16.5. The van der Waals surface area contributed by atoms with E-state index in [9.17, 15) is 9.59 Å². The molecule has 2 heterocycles. The molecule has 2 aliphatic heterocycles. The van der Waals surface area contributed by atoms with Crippen molar-refractivity contribution in [3.05, 3.63) is 58.8 Å². The van der Waals surface area contributed by atoms with Crippen LogP contribution in [0.2, 0.25) is 0 Å². The molecule has 240 valence electrons. The second-order valence-electron chi connectivity index (χ2n) is 11.7. The monoisotopic (exact) mass is 615 g/mol. The Hall–Kier alpha value is -4.40. The molecular weight excluding hydrogens is 570 g/mol. The third kappa shape index (κ3) is 8.41.